The quantitative estimate of drug-likeness (QED) is 0.596. The molecule has 0 radical (unpaired) electrons. The summed E-state index contributed by atoms with van der Waals surface area (Å²) in [5.41, 5.74) is 0.187. The van der Waals surface area contributed by atoms with Crippen LogP contribution >= 0.6 is 0 Å². The lowest BCUT2D eigenvalue weighted by molar-refractivity contribution is -0.162. The van der Waals surface area contributed by atoms with Crippen LogP contribution in [0.4, 0.5) is 0 Å². The molecule has 0 spiro atoms. The average Bonchev–Trinajstić information content (AvgIpc) is 2.26. The van der Waals surface area contributed by atoms with Gasteiger partial charge in [-0.3, -0.25) is 4.79 Å². The molecule has 1 aromatic carbocycles. The van der Waals surface area contributed by atoms with Crippen LogP contribution < -0.4 is 0 Å². The summed E-state index contributed by atoms with van der Waals surface area (Å²) in [5, 5.41) is 0. The smallest absolute Gasteiger partial charge is 0.375 e. The van der Waals surface area contributed by atoms with E-state index in [1.165, 1.54) is 0 Å². The van der Waals surface area contributed by atoms with Gasteiger partial charge in [-0.05, 0) is 26.3 Å². The van der Waals surface area contributed by atoms with Crippen molar-refractivity contribution in [2.75, 3.05) is 0 Å². The number of benzene rings is 1. The molecule has 0 aliphatic carbocycles. The first-order valence-electron chi connectivity index (χ1n) is 5.63. The van der Waals surface area contributed by atoms with Crippen molar-refractivity contribution in [2.45, 2.75) is 39.2 Å². The summed E-state index contributed by atoms with van der Waals surface area (Å²) in [7, 11) is 0. The summed E-state index contributed by atoms with van der Waals surface area (Å²) in [6.07, 6.45) is 0. The Balaban J connectivity index is 2.74. The second-order valence-electron chi connectivity index (χ2n) is 5.00. The molecule has 1 rings (SSSR count). The van der Waals surface area contributed by atoms with E-state index < -0.39 is 23.3 Å². The maximum Gasteiger partial charge on any atom is 0.375 e. The van der Waals surface area contributed by atoms with Gasteiger partial charge in [-0.1, -0.05) is 37.3 Å². The molecule has 0 fully saturated rings. The summed E-state index contributed by atoms with van der Waals surface area (Å²) < 4.78 is 5.05. The van der Waals surface area contributed by atoms with Crippen molar-refractivity contribution in [1.29, 1.82) is 0 Å². The molecule has 0 aliphatic heterocycles. The molecule has 0 saturated heterocycles. The molecule has 0 N–H and O–H groups in total. The summed E-state index contributed by atoms with van der Waals surface area (Å²) >= 11 is 0. The van der Waals surface area contributed by atoms with Gasteiger partial charge >= 0.3 is 5.97 Å². The third-order valence-corrected chi connectivity index (χ3v) is 2.29. The number of Topliss-reactive ketones (excluding diaryl/α,β-unsaturated/α-hetero) is 1. The second kappa shape index (κ2) is 5.13. The molecule has 92 valence electrons. The predicted octanol–water partition coefficient (Wildman–Crippen LogP) is 2.70. The highest BCUT2D eigenvalue weighted by atomic mass is 16.6. The van der Waals surface area contributed by atoms with Gasteiger partial charge in [-0.2, -0.15) is 0 Å². The Morgan fingerprint density at radius 1 is 1.12 bits per heavy atom. The standard InChI is InChI=1S/C14H18O3/c1-10(11-8-6-5-7-9-11)12(15)13(16)17-14(2,3)4/h5-10H,1-4H3. The van der Waals surface area contributed by atoms with Gasteiger partial charge in [0.15, 0.2) is 0 Å². The first-order valence-corrected chi connectivity index (χ1v) is 5.63. The van der Waals surface area contributed by atoms with Crippen molar-refractivity contribution >= 4 is 11.8 Å². The number of hydrogen-bond acceptors (Lipinski definition) is 3. The number of hydrogen-bond donors (Lipinski definition) is 0. The topological polar surface area (TPSA) is 43.4 Å². The molecule has 17 heavy (non-hydrogen) atoms. The zero-order valence-corrected chi connectivity index (χ0v) is 10.7. The van der Waals surface area contributed by atoms with E-state index in [-0.39, 0.29) is 0 Å². The van der Waals surface area contributed by atoms with Gasteiger partial charge in [0.1, 0.15) is 5.60 Å². The second-order valence-corrected chi connectivity index (χ2v) is 5.00. The molecule has 1 aromatic rings. The van der Waals surface area contributed by atoms with Crippen LogP contribution in [0, 0.1) is 0 Å². The third kappa shape index (κ3) is 4.02. The van der Waals surface area contributed by atoms with Gasteiger partial charge in [-0.15, -0.1) is 0 Å². The zero-order valence-electron chi connectivity index (χ0n) is 10.7. The Morgan fingerprint density at radius 2 is 1.65 bits per heavy atom. The number of esters is 1. The number of carbonyl (C=O) groups excluding carboxylic acids is 2. The molecular formula is C14H18O3. The van der Waals surface area contributed by atoms with Crippen LogP contribution in [0.3, 0.4) is 0 Å². The van der Waals surface area contributed by atoms with Gasteiger partial charge in [0.05, 0.1) is 5.92 Å². The van der Waals surface area contributed by atoms with Crippen LogP contribution in [0.1, 0.15) is 39.2 Å². The van der Waals surface area contributed by atoms with E-state index in [4.69, 9.17) is 4.74 Å². The van der Waals surface area contributed by atoms with Crippen molar-refractivity contribution in [3.05, 3.63) is 35.9 Å². The fraction of sp³-hybridized carbons (Fsp3) is 0.429. The summed E-state index contributed by atoms with van der Waals surface area (Å²) in [5.74, 6) is -1.74. The maximum absolute atomic E-state index is 11.8. The highest BCUT2D eigenvalue weighted by molar-refractivity contribution is 6.35. The maximum atomic E-state index is 11.8. The molecule has 1 atom stereocenters. The highest BCUT2D eigenvalue weighted by Crippen LogP contribution is 2.18. The first-order chi connectivity index (χ1) is 7.81. The Labute approximate surface area is 102 Å². The van der Waals surface area contributed by atoms with E-state index >= 15 is 0 Å². The van der Waals surface area contributed by atoms with Crippen LogP contribution in [0.25, 0.3) is 0 Å². The molecule has 0 saturated carbocycles. The monoisotopic (exact) mass is 234 g/mol. The normalized spacial score (nSPS) is 12.9. The van der Waals surface area contributed by atoms with Gasteiger partial charge in [0, 0.05) is 0 Å². The minimum Gasteiger partial charge on any atom is -0.454 e. The number of ketones is 1. The van der Waals surface area contributed by atoms with E-state index in [0.717, 1.165) is 5.56 Å². The lowest BCUT2D eigenvalue weighted by atomic mass is 9.97. The van der Waals surface area contributed by atoms with Gasteiger partial charge in [-0.25, -0.2) is 4.79 Å². The fourth-order valence-electron chi connectivity index (χ4n) is 1.40. The molecule has 3 heteroatoms. The molecule has 0 aliphatic rings. The molecular weight excluding hydrogens is 216 g/mol. The van der Waals surface area contributed by atoms with Crippen molar-refractivity contribution in [3.8, 4) is 0 Å². The molecule has 0 bridgehead atoms. The van der Waals surface area contributed by atoms with E-state index in [0.29, 0.717) is 0 Å². The average molecular weight is 234 g/mol. The van der Waals surface area contributed by atoms with E-state index in [1.54, 1.807) is 27.7 Å². The Morgan fingerprint density at radius 3 is 2.12 bits per heavy atom. The number of carbonyl (C=O) groups is 2. The van der Waals surface area contributed by atoms with Gasteiger partial charge in [0.25, 0.3) is 0 Å². The minimum atomic E-state index is -0.770. The lowest BCUT2D eigenvalue weighted by Crippen LogP contribution is -2.31. The van der Waals surface area contributed by atoms with Gasteiger partial charge in [0.2, 0.25) is 5.78 Å². The highest BCUT2D eigenvalue weighted by Gasteiger charge is 2.27. The van der Waals surface area contributed by atoms with E-state index in [1.807, 2.05) is 30.3 Å². The van der Waals surface area contributed by atoms with Crippen molar-refractivity contribution in [3.63, 3.8) is 0 Å². The van der Waals surface area contributed by atoms with Crippen molar-refractivity contribution in [1.82, 2.24) is 0 Å². The summed E-state index contributed by atoms with van der Waals surface area (Å²) in [6.45, 7) is 6.93. The van der Waals surface area contributed by atoms with E-state index in [9.17, 15) is 9.59 Å². The molecule has 0 heterocycles. The SMILES string of the molecule is CC(C(=O)C(=O)OC(C)(C)C)c1ccccc1. The van der Waals surface area contributed by atoms with E-state index in [2.05, 4.69) is 0 Å². The summed E-state index contributed by atoms with van der Waals surface area (Å²) in [4.78, 5) is 23.4. The first kappa shape index (κ1) is 13.4. The number of ether oxygens (including phenoxy) is 1. The van der Waals surface area contributed by atoms with Crippen LogP contribution in [0.5, 0.6) is 0 Å². The van der Waals surface area contributed by atoms with Gasteiger partial charge < -0.3 is 4.74 Å². The van der Waals surface area contributed by atoms with Crippen LogP contribution in [-0.4, -0.2) is 17.4 Å². The molecule has 1 unspecified atom stereocenters. The largest absolute Gasteiger partial charge is 0.454 e. The van der Waals surface area contributed by atoms with Crippen LogP contribution in [-0.2, 0) is 14.3 Å². The van der Waals surface area contributed by atoms with Crippen molar-refractivity contribution in [2.24, 2.45) is 0 Å². The third-order valence-electron chi connectivity index (χ3n) is 2.29. The molecule has 0 aromatic heterocycles. The Kier molecular flexibility index (Phi) is 4.05. The molecule has 0 amide bonds. The summed E-state index contributed by atoms with van der Waals surface area (Å²) in [6, 6.07) is 9.20. The predicted molar refractivity (Wildman–Crippen MR) is 65.7 cm³/mol. The Hall–Kier alpha value is -1.64. The fourth-order valence-corrected chi connectivity index (χ4v) is 1.40. The van der Waals surface area contributed by atoms with Crippen LogP contribution in [0.2, 0.25) is 0 Å². The number of rotatable bonds is 3. The molecule has 3 nitrogen and oxygen atoms in total. The van der Waals surface area contributed by atoms with Crippen LogP contribution in [0.15, 0.2) is 30.3 Å². The van der Waals surface area contributed by atoms with Crippen molar-refractivity contribution < 1.29 is 14.3 Å². The lowest BCUT2D eigenvalue weighted by Gasteiger charge is -2.20. The Bertz CT molecular complexity index is 401. The zero-order chi connectivity index (χ0) is 13.1. The minimum absolute atomic E-state index is 0.467.